The molecule has 2 aliphatic rings. The van der Waals surface area contributed by atoms with Crippen LogP contribution in [0, 0.1) is 29.6 Å². The van der Waals surface area contributed by atoms with Crippen molar-refractivity contribution in [2.75, 3.05) is 0 Å². The van der Waals surface area contributed by atoms with E-state index in [1.54, 1.807) is 0 Å². The number of ether oxygens (including phenoxy) is 1. The molecule has 0 radical (unpaired) electrons. The molecule has 2 aliphatic carbocycles. The molecule has 0 unspecified atom stereocenters. The fourth-order valence-corrected chi connectivity index (χ4v) is 3.22. The molecule has 0 bridgehead atoms. The second-order valence-electron chi connectivity index (χ2n) is 6.59. The summed E-state index contributed by atoms with van der Waals surface area (Å²) >= 11 is 0. The Bertz CT molecular complexity index is 363. The predicted molar refractivity (Wildman–Crippen MR) is 70.5 cm³/mol. The first-order chi connectivity index (χ1) is 8.90. The van der Waals surface area contributed by atoms with Crippen LogP contribution in [-0.4, -0.2) is 23.1 Å². The number of hydrogen-bond donors (Lipinski definition) is 1. The zero-order valence-electron chi connectivity index (χ0n) is 12.0. The third kappa shape index (κ3) is 3.28. The summed E-state index contributed by atoms with van der Waals surface area (Å²) < 4.78 is 5.64. The Labute approximate surface area is 114 Å². The number of carboxylic acid groups (broad SMARTS) is 1. The largest absolute Gasteiger partial charge is 0.481 e. The van der Waals surface area contributed by atoms with Gasteiger partial charge in [0.05, 0.1) is 11.8 Å². The fourth-order valence-electron chi connectivity index (χ4n) is 3.22. The zero-order chi connectivity index (χ0) is 14.2. The quantitative estimate of drug-likeness (QED) is 0.796. The van der Waals surface area contributed by atoms with Gasteiger partial charge in [-0.15, -0.1) is 0 Å². The lowest BCUT2D eigenvalue weighted by Crippen LogP contribution is -2.36. The van der Waals surface area contributed by atoms with Crippen molar-refractivity contribution >= 4 is 11.9 Å². The van der Waals surface area contributed by atoms with E-state index in [-0.39, 0.29) is 12.1 Å². The van der Waals surface area contributed by atoms with E-state index in [1.165, 1.54) is 6.42 Å². The van der Waals surface area contributed by atoms with Crippen LogP contribution in [0.15, 0.2) is 0 Å². The van der Waals surface area contributed by atoms with Gasteiger partial charge in [0.15, 0.2) is 0 Å². The van der Waals surface area contributed by atoms with Crippen LogP contribution in [0.1, 0.15) is 46.5 Å². The molecule has 5 atom stereocenters. The van der Waals surface area contributed by atoms with Gasteiger partial charge in [-0.1, -0.05) is 27.2 Å². The summed E-state index contributed by atoms with van der Waals surface area (Å²) in [6, 6.07) is 0. The van der Waals surface area contributed by atoms with Crippen LogP contribution in [0.25, 0.3) is 0 Å². The van der Waals surface area contributed by atoms with Crippen molar-refractivity contribution in [2.24, 2.45) is 29.6 Å². The minimum atomic E-state index is -0.876. The maximum Gasteiger partial charge on any atom is 0.310 e. The molecular formula is C15H24O4. The van der Waals surface area contributed by atoms with E-state index in [1.807, 2.05) is 0 Å². The van der Waals surface area contributed by atoms with E-state index in [9.17, 15) is 9.59 Å². The molecule has 0 saturated heterocycles. The maximum atomic E-state index is 12.0. The maximum absolute atomic E-state index is 12.0. The Morgan fingerprint density at radius 2 is 1.84 bits per heavy atom. The first kappa shape index (κ1) is 14.4. The van der Waals surface area contributed by atoms with Crippen molar-refractivity contribution in [3.63, 3.8) is 0 Å². The molecule has 108 valence electrons. The van der Waals surface area contributed by atoms with Crippen LogP contribution in [0.4, 0.5) is 0 Å². The van der Waals surface area contributed by atoms with E-state index in [4.69, 9.17) is 9.84 Å². The molecular weight excluding hydrogens is 244 g/mol. The normalized spacial score (nSPS) is 38.0. The van der Waals surface area contributed by atoms with E-state index in [0.29, 0.717) is 24.2 Å². The van der Waals surface area contributed by atoms with Gasteiger partial charge in [0.2, 0.25) is 0 Å². The average molecular weight is 268 g/mol. The molecule has 0 aromatic rings. The summed E-state index contributed by atoms with van der Waals surface area (Å²) in [5.74, 6) is -0.575. The Morgan fingerprint density at radius 3 is 2.37 bits per heavy atom. The number of carboxylic acids is 1. The van der Waals surface area contributed by atoms with Crippen molar-refractivity contribution in [2.45, 2.75) is 52.6 Å². The van der Waals surface area contributed by atoms with E-state index < -0.39 is 17.8 Å². The molecule has 0 heterocycles. The van der Waals surface area contributed by atoms with E-state index >= 15 is 0 Å². The van der Waals surface area contributed by atoms with Crippen LogP contribution in [0.3, 0.4) is 0 Å². The van der Waals surface area contributed by atoms with Crippen molar-refractivity contribution in [1.29, 1.82) is 0 Å². The molecule has 1 N–H and O–H groups in total. The fraction of sp³-hybridized carbons (Fsp3) is 0.867. The van der Waals surface area contributed by atoms with Crippen molar-refractivity contribution in [3.8, 4) is 0 Å². The predicted octanol–water partition coefficient (Wildman–Crippen LogP) is 2.71. The van der Waals surface area contributed by atoms with Gasteiger partial charge in [-0.2, -0.15) is 0 Å². The number of hydrogen-bond acceptors (Lipinski definition) is 3. The third-order valence-electron chi connectivity index (χ3n) is 4.64. The Kier molecular flexibility index (Phi) is 4.16. The highest BCUT2D eigenvalue weighted by molar-refractivity contribution is 5.86. The summed E-state index contributed by atoms with van der Waals surface area (Å²) in [5.41, 5.74) is 0. The second kappa shape index (κ2) is 5.51. The molecule has 2 fully saturated rings. The summed E-state index contributed by atoms with van der Waals surface area (Å²) in [5, 5.41) is 8.85. The smallest absolute Gasteiger partial charge is 0.310 e. The molecule has 0 aromatic carbocycles. The Hall–Kier alpha value is -1.06. The number of carbonyl (C=O) groups is 2. The molecule has 2 rings (SSSR count). The van der Waals surface area contributed by atoms with Crippen molar-refractivity contribution < 1.29 is 19.4 Å². The van der Waals surface area contributed by atoms with Gasteiger partial charge in [-0.05, 0) is 37.0 Å². The summed E-state index contributed by atoms with van der Waals surface area (Å²) in [7, 11) is 0. The molecule has 0 aromatic heterocycles. The van der Waals surface area contributed by atoms with Crippen LogP contribution >= 0.6 is 0 Å². The van der Waals surface area contributed by atoms with Crippen LogP contribution in [0.5, 0.6) is 0 Å². The highest BCUT2D eigenvalue weighted by Gasteiger charge is 2.50. The van der Waals surface area contributed by atoms with E-state index in [0.717, 1.165) is 12.8 Å². The second-order valence-corrected chi connectivity index (χ2v) is 6.59. The molecule has 2 saturated carbocycles. The summed E-state index contributed by atoms with van der Waals surface area (Å²) in [6.45, 7) is 6.52. The molecule has 4 heteroatoms. The first-order valence-electron chi connectivity index (χ1n) is 7.33. The number of rotatable bonds is 4. The van der Waals surface area contributed by atoms with Gasteiger partial charge in [0, 0.05) is 0 Å². The van der Waals surface area contributed by atoms with Gasteiger partial charge in [-0.25, -0.2) is 0 Å². The molecule has 4 nitrogen and oxygen atoms in total. The van der Waals surface area contributed by atoms with Gasteiger partial charge >= 0.3 is 11.9 Å². The lowest BCUT2D eigenvalue weighted by atomic mass is 9.75. The van der Waals surface area contributed by atoms with Crippen LogP contribution in [0.2, 0.25) is 0 Å². The number of carbonyl (C=O) groups excluding carboxylic acids is 1. The van der Waals surface area contributed by atoms with Crippen molar-refractivity contribution in [1.82, 2.24) is 0 Å². The van der Waals surface area contributed by atoms with Gasteiger partial charge in [-0.3, -0.25) is 9.59 Å². The highest BCUT2D eigenvalue weighted by Crippen LogP contribution is 2.42. The van der Waals surface area contributed by atoms with E-state index in [2.05, 4.69) is 20.8 Å². The minimum Gasteiger partial charge on any atom is -0.481 e. The lowest BCUT2D eigenvalue weighted by Gasteiger charge is -2.36. The summed E-state index contributed by atoms with van der Waals surface area (Å²) in [6.07, 6.45) is 3.63. The van der Waals surface area contributed by atoms with Gasteiger partial charge < -0.3 is 9.84 Å². The Balaban J connectivity index is 1.92. The summed E-state index contributed by atoms with van der Waals surface area (Å²) in [4.78, 5) is 22.8. The lowest BCUT2D eigenvalue weighted by molar-refractivity contribution is -0.159. The molecule has 0 spiro atoms. The number of aliphatic carboxylic acids is 1. The minimum absolute atomic E-state index is 0.0219. The number of esters is 1. The zero-order valence-corrected chi connectivity index (χ0v) is 12.0. The SMILES string of the molecule is CC(C)[C@H]1CC[C@H](C)C[C@@H]1OC(=O)[C@@H]1C[C@H]1C(=O)O. The Morgan fingerprint density at radius 1 is 1.16 bits per heavy atom. The topological polar surface area (TPSA) is 63.6 Å². The monoisotopic (exact) mass is 268 g/mol. The molecule has 0 amide bonds. The van der Waals surface area contributed by atoms with Crippen LogP contribution in [-0.2, 0) is 14.3 Å². The standard InChI is InChI=1S/C15H24O4/c1-8(2)10-5-4-9(3)6-13(10)19-15(18)12-7-11(12)14(16)17/h8-13H,4-7H2,1-3H3,(H,16,17)/t9-,10+,11+,12+,13-/m0/s1. The highest BCUT2D eigenvalue weighted by atomic mass is 16.5. The molecule has 0 aliphatic heterocycles. The third-order valence-corrected chi connectivity index (χ3v) is 4.64. The van der Waals surface area contributed by atoms with Crippen LogP contribution < -0.4 is 0 Å². The van der Waals surface area contributed by atoms with Gasteiger partial charge in [0.25, 0.3) is 0 Å². The average Bonchev–Trinajstić information content (AvgIpc) is 3.08. The van der Waals surface area contributed by atoms with Gasteiger partial charge in [0.1, 0.15) is 6.10 Å². The van der Waals surface area contributed by atoms with Crippen molar-refractivity contribution in [3.05, 3.63) is 0 Å². The molecule has 19 heavy (non-hydrogen) atoms. The first-order valence-corrected chi connectivity index (χ1v) is 7.33.